The summed E-state index contributed by atoms with van der Waals surface area (Å²) in [5.74, 6) is 1.14. The molecule has 2 aromatic heterocycles. The Balaban J connectivity index is 1.78. The summed E-state index contributed by atoms with van der Waals surface area (Å²) in [6, 6.07) is 0. The van der Waals surface area contributed by atoms with Gasteiger partial charge in [-0.25, -0.2) is 4.68 Å². The number of anilines is 2. The van der Waals surface area contributed by atoms with Crippen LogP contribution in [0.4, 0.5) is 11.8 Å². The lowest BCUT2D eigenvalue weighted by atomic mass is 10.1. The summed E-state index contributed by atoms with van der Waals surface area (Å²) in [6.45, 7) is 9.45. The number of hydrogen-bond donors (Lipinski definition) is 2. The van der Waals surface area contributed by atoms with Crippen molar-refractivity contribution in [1.29, 1.82) is 0 Å². The Bertz CT molecular complexity index is 900. The minimum atomic E-state index is -0.826. The fourth-order valence-electron chi connectivity index (χ4n) is 3.09. The number of aliphatic hydroxyl groups is 1. The van der Waals surface area contributed by atoms with E-state index in [0.717, 1.165) is 0 Å². The van der Waals surface area contributed by atoms with E-state index in [4.69, 9.17) is 0 Å². The highest BCUT2D eigenvalue weighted by atomic mass is 16.3. The zero-order chi connectivity index (χ0) is 19.2. The van der Waals surface area contributed by atoms with E-state index in [2.05, 4.69) is 46.3 Å². The van der Waals surface area contributed by atoms with Crippen LogP contribution < -0.4 is 10.2 Å². The predicted molar refractivity (Wildman–Crippen MR) is 97.4 cm³/mol. The molecule has 4 rings (SSSR count). The SMILES string of the molecule is CC1(Cn2nnc3c(N4CCC(O)C4)nc(NC(C)(C)C)nc32)N=NN=N1. The van der Waals surface area contributed by atoms with Gasteiger partial charge >= 0.3 is 0 Å². The molecule has 0 aromatic carbocycles. The largest absolute Gasteiger partial charge is 0.391 e. The van der Waals surface area contributed by atoms with E-state index in [-0.39, 0.29) is 11.6 Å². The molecule has 0 saturated carbocycles. The lowest BCUT2D eigenvalue weighted by molar-refractivity contribution is 0.198. The van der Waals surface area contributed by atoms with Crippen LogP contribution >= 0.6 is 0 Å². The van der Waals surface area contributed by atoms with Crippen molar-refractivity contribution in [3.05, 3.63) is 0 Å². The molecule has 144 valence electrons. The van der Waals surface area contributed by atoms with Crippen LogP contribution in [0.25, 0.3) is 11.2 Å². The quantitative estimate of drug-likeness (QED) is 0.828. The van der Waals surface area contributed by atoms with E-state index in [9.17, 15) is 5.11 Å². The van der Waals surface area contributed by atoms with Gasteiger partial charge in [0.2, 0.25) is 11.6 Å². The Morgan fingerprint density at radius 2 is 1.96 bits per heavy atom. The first-order valence-electron chi connectivity index (χ1n) is 8.89. The molecule has 0 spiro atoms. The Morgan fingerprint density at radius 3 is 2.59 bits per heavy atom. The van der Waals surface area contributed by atoms with Gasteiger partial charge in [0.25, 0.3) is 0 Å². The van der Waals surface area contributed by atoms with Crippen LogP contribution in [-0.4, -0.2) is 60.5 Å². The Labute approximate surface area is 155 Å². The second-order valence-electron chi connectivity index (χ2n) is 8.15. The summed E-state index contributed by atoms with van der Waals surface area (Å²) in [6.07, 6.45) is 0.322. The van der Waals surface area contributed by atoms with Crippen molar-refractivity contribution in [2.45, 2.75) is 58.0 Å². The van der Waals surface area contributed by atoms with E-state index in [1.54, 1.807) is 4.68 Å². The van der Waals surface area contributed by atoms with Crippen molar-refractivity contribution in [2.24, 2.45) is 20.7 Å². The molecule has 1 saturated heterocycles. The van der Waals surface area contributed by atoms with Crippen LogP contribution in [0.1, 0.15) is 34.1 Å². The molecule has 1 atom stereocenters. The summed E-state index contributed by atoms with van der Waals surface area (Å²) in [5, 5.41) is 37.0. The summed E-state index contributed by atoms with van der Waals surface area (Å²) >= 11 is 0. The van der Waals surface area contributed by atoms with E-state index >= 15 is 0 Å². The molecule has 0 bridgehead atoms. The van der Waals surface area contributed by atoms with Gasteiger partial charge in [-0.05, 0) is 44.6 Å². The maximum Gasteiger partial charge on any atom is 0.227 e. The van der Waals surface area contributed by atoms with Gasteiger partial charge in [0.1, 0.15) is 0 Å². The van der Waals surface area contributed by atoms with E-state index < -0.39 is 5.66 Å². The number of fused-ring (bicyclic) bond motifs is 1. The lowest BCUT2D eigenvalue weighted by Gasteiger charge is -2.23. The van der Waals surface area contributed by atoms with Crippen LogP contribution in [0.3, 0.4) is 0 Å². The number of β-amino-alcohol motifs (C(OH)–C–C–N with tert-alkyl or cyclic N) is 1. The Kier molecular flexibility index (Phi) is 4.02. The van der Waals surface area contributed by atoms with Gasteiger partial charge in [0.15, 0.2) is 17.0 Å². The molecule has 12 nitrogen and oxygen atoms in total. The van der Waals surface area contributed by atoms with Crippen molar-refractivity contribution < 1.29 is 5.11 Å². The standard InChI is InChI=1S/C15H23N11O/c1-14(2,3)18-13-16-11(25-6-5-9(27)7-25)10-12(17-13)26(24-19-10)8-15(4)20-22-23-21-15/h9,27H,5-8H2,1-4H3,(H,16,17,18). The van der Waals surface area contributed by atoms with Crippen LogP contribution in [0.5, 0.6) is 0 Å². The second-order valence-corrected chi connectivity index (χ2v) is 8.15. The monoisotopic (exact) mass is 373 g/mol. The summed E-state index contributed by atoms with van der Waals surface area (Å²) < 4.78 is 1.64. The van der Waals surface area contributed by atoms with Crippen molar-refractivity contribution >= 4 is 22.9 Å². The topological polar surface area (TPSA) is 141 Å². The van der Waals surface area contributed by atoms with Crippen molar-refractivity contribution in [3.8, 4) is 0 Å². The van der Waals surface area contributed by atoms with E-state index in [0.29, 0.717) is 49.0 Å². The number of hydrogen-bond acceptors (Lipinski definition) is 11. The minimum absolute atomic E-state index is 0.215. The lowest BCUT2D eigenvalue weighted by Crippen LogP contribution is -2.29. The molecule has 2 aliphatic heterocycles. The van der Waals surface area contributed by atoms with Crippen molar-refractivity contribution in [1.82, 2.24) is 25.0 Å². The molecule has 1 unspecified atom stereocenters. The average molecular weight is 373 g/mol. The van der Waals surface area contributed by atoms with Gasteiger partial charge in [-0.1, -0.05) is 5.21 Å². The highest BCUT2D eigenvalue weighted by molar-refractivity contribution is 5.84. The first kappa shape index (κ1) is 17.6. The molecule has 0 aliphatic carbocycles. The molecule has 27 heavy (non-hydrogen) atoms. The fourth-order valence-corrected chi connectivity index (χ4v) is 3.09. The zero-order valence-electron chi connectivity index (χ0n) is 15.8. The predicted octanol–water partition coefficient (Wildman–Crippen LogP) is 1.55. The molecule has 1 fully saturated rings. The number of aliphatic hydroxyl groups excluding tert-OH is 1. The van der Waals surface area contributed by atoms with E-state index in [1.165, 1.54) is 0 Å². The number of nitrogens with zero attached hydrogens (tertiary/aromatic N) is 10. The second kappa shape index (κ2) is 6.15. The molecule has 0 amide bonds. The maximum atomic E-state index is 9.93. The highest BCUT2D eigenvalue weighted by Gasteiger charge is 2.31. The van der Waals surface area contributed by atoms with Gasteiger partial charge in [-0.2, -0.15) is 9.97 Å². The van der Waals surface area contributed by atoms with Gasteiger partial charge in [0.05, 0.1) is 12.6 Å². The van der Waals surface area contributed by atoms with Crippen LogP contribution in [0, 0.1) is 0 Å². The first-order chi connectivity index (χ1) is 12.7. The third-order valence-corrected chi connectivity index (χ3v) is 4.30. The van der Waals surface area contributed by atoms with Crippen LogP contribution in [0.2, 0.25) is 0 Å². The van der Waals surface area contributed by atoms with Crippen molar-refractivity contribution in [2.75, 3.05) is 23.3 Å². The van der Waals surface area contributed by atoms with E-state index in [1.807, 2.05) is 32.6 Å². The van der Waals surface area contributed by atoms with Gasteiger partial charge in [-0.3, -0.25) is 0 Å². The Morgan fingerprint density at radius 1 is 1.22 bits per heavy atom. The van der Waals surface area contributed by atoms with Gasteiger partial charge < -0.3 is 15.3 Å². The summed E-state index contributed by atoms with van der Waals surface area (Å²) in [5.41, 5.74) is 0.117. The molecule has 2 aromatic rings. The summed E-state index contributed by atoms with van der Waals surface area (Å²) in [4.78, 5) is 11.3. The fraction of sp³-hybridized carbons (Fsp3) is 0.733. The molecular weight excluding hydrogens is 350 g/mol. The smallest absolute Gasteiger partial charge is 0.227 e. The highest BCUT2D eigenvalue weighted by Crippen LogP contribution is 2.29. The normalized spacial score (nSPS) is 21.5. The molecular formula is C15H23N11O. The number of rotatable bonds is 4. The third kappa shape index (κ3) is 3.56. The molecule has 2 N–H and O–H groups in total. The summed E-state index contributed by atoms with van der Waals surface area (Å²) in [7, 11) is 0. The third-order valence-electron chi connectivity index (χ3n) is 4.30. The molecule has 0 radical (unpaired) electrons. The molecule has 4 heterocycles. The Hall–Kier alpha value is -2.76. The minimum Gasteiger partial charge on any atom is -0.391 e. The maximum absolute atomic E-state index is 9.93. The average Bonchev–Trinajstić information content (AvgIpc) is 3.27. The number of aromatic nitrogens is 5. The van der Waals surface area contributed by atoms with Gasteiger partial charge in [-0.15, -0.1) is 15.3 Å². The van der Waals surface area contributed by atoms with Crippen molar-refractivity contribution in [3.63, 3.8) is 0 Å². The first-order valence-corrected chi connectivity index (χ1v) is 8.89. The van der Waals surface area contributed by atoms with Gasteiger partial charge in [0, 0.05) is 18.6 Å². The molecule has 2 aliphatic rings. The zero-order valence-corrected chi connectivity index (χ0v) is 15.8. The van der Waals surface area contributed by atoms with Crippen LogP contribution in [-0.2, 0) is 6.54 Å². The van der Waals surface area contributed by atoms with Crippen LogP contribution in [0.15, 0.2) is 20.7 Å². The molecule has 12 heteroatoms. The number of nitrogens with one attached hydrogen (secondary N) is 1.